The molecule has 0 saturated heterocycles. The first-order chi connectivity index (χ1) is 22.5. The third kappa shape index (κ3) is 11.8. The van der Waals surface area contributed by atoms with Crippen molar-refractivity contribution in [3.63, 3.8) is 0 Å². The van der Waals surface area contributed by atoms with Crippen molar-refractivity contribution in [2.45, 2.75) is 14.7 Å². The van der Waals surface area contributed by atoms with E-state index in [1.807, 2.05) is 0 Å². The Hall–Kier alpha value is -3.99. The second kappa shape index (κ2) is 15.3. The summed E-state index contributed by atoms with van der Waals surface area (Å²) in [4.78, 5) is -1.83. The van der Waals surface area contributed by atoms with Crippen molar-refractivity contribution >= 4 is 84.7 Å². The summed E-state index contributed by atoms with van der Waals surface area (Å²) < 4.78 is 152. The Bertz CT molecular complexity index is 2330. The molecule has 0 saturated carbocycles. The molecule has 0 amide bonds. The van der Waals surface area contributed by atoms with Gasteiger partial charge in [0.2, 0.25) is 0 Å². The smallest absolute Gasteiger partial charge is 0.397 e. The quantitative estimate of drug-likeness (QED) is 0.0791. The second-order valence-corrected chi connectivity index (χ2v) is 17.1. The Kier molecular flexibility index (Phi) is 12.3. The number of anilines is 2. The number of nitrogens with two attached hydrogens (primary N) is 1. The van der Waals surface area contributed by atoms with Gasteiger partial charge in [0.25, 0.3) is 10.1 Å². The van der Waals surface area contributed by atoms with Crippen molar-refractivity contribution in [1.29, 1.82) is 0 Å². The van der Waals surface area contributed by atoms with E-state index in [4.69, 9.17) is 14.8 Å². The van der Waals surface area contributed by atoms with Gasteiger partial charge >= 0.3 is 20.8 Å². The Balaban J connectivity index is 1.89. The van der Waals surface area contributed by atoms with Gasteiger partial charge in [0.05, 0.1) is 51.6 Å². The van der Waals surface area contributed by atoms with Gasteiger partial charge in [-0.05, 0) is 54.6 Å². The summed E-state index contributed by atoms with van der Waals surface area (Å²) in [6.07, 6.45) is 0. The molecule has 0 fully saturated rings. The molecule has 268 valence electrons. The van der Waals surface area contributed by atoms with Crippen LogP contribution in [0.2, 0.25) is 0 Å². The van der Waals surface area contributed by atoms with E-state index in [1.165, 1.54) is 43.4 Å². The van der Waals surface area contributed by atoms with E-state index >= 15 is 0 Å². The van der Waals surface area contributed by atoms with Crippen molar-refractivity contribution in [1.82, 2.24) is 0 Å². The summed E-state index contributed by atoms with van der Waals surface area (Å²) in [7, 11) is -21.7. The highest BCUT2D eigenvalue weighted by Crippen LogP contribution is 2.38. The zero-order valence-electron chi connectivity index (χ0n) is 24.7. The Morgan fingerprint density at radius 2 is 1.12 bits per heavy atom. The average molecular weight is 787 g/mol. The fourth-order valence-corrected chi connectivity index (χ4v) is 7.34. The van der Waals surface area contributed by atoms with E-state index in [0.29, 0.717) is 11.8 Å². The Morgan fingerprint density at radius 3 is 1.63 bits per heavy atom. The molecule has 0 aliphatic rings. The zero-order chi connectivity index (χ0) is 36.8. The fourth-order valence-electron chi connectivity index (χ4n) is 3.61. The standard InChI is InChI=1S/C23H26N6O15S5/c1-25-21-13-18(24)20(14-22(21)29-26-15-2-4-16(5-3-15)45(30,31)10-8-43-48(37,38)39)28-27-19-7-6-17(12-23(19)47(34,35)36)46(32,33)11-9-44-49(40,41)42/h2-7,12-14,25H,8-11,24H2,1H3,(H,34,35,36)(H,37,38,39)(H,40,41,42). The van der Waals surface area contributed by atoms with Crippen LogP contribution in [-0.4, -0.2) is 87.5 Å². The number of benzene rings is 3. The number of nitrogens with zero attached hydrogens (tertiary/aromatic N) is 4. The predicted molar refractivity (Wildman–Crippen MR) is 171 cm³/mol. The van der Waals surface area contributed by atoms with E-state index in [-0.39, 0.29) is 27.6 Å². The topological polar surface area (TPSA) is 337 Å². The van der Waals surface area contributed by atoms with Crippen molar-refractivity contribution in [3.8, 4) is 0 Å². The molecular formula is C23H26N6O15S5. The number of nitrogens with one attached hydrogen (secondary N) is 1. The number of azo groups is 2. The molecule has 3 rings (SSSR count). The molecule has 0 radical (unpaired) electrons. The molecule has 3 aromatic carbocycles. The monoisotopic (exact) mass is 786 g/mol. The lowest BCUT2D eigenvalue weighted by Gasteiger charge is -2.09. The van der Waals surface area contributed by atoms with Crippen LogP contribution in [0.5, 0.6) is 0 Å². The SMILES string of the molecule is CNc1cc(N)c(N=Nc2ccc(S(=O)(=O)CCOS(=O)(=O)O)cc2S(=O)(=O)O)cc1N=Nc1ccc(S(=O)(=O)CCOS(=O)(=O)O)cc1. The van der Waals surface area contributed by atoms with Crippen molar-refractivity contribution in [2.75, 3.05) is 42.8 Å². The molecule has 21 nitrogen and oxygen atoms in total. The van der Waals surface area contributed by atoms with Crippen LogP contribution in [0.15, 0.2) is 89.7 Å². The van der Waals surface area contributed by atoms with E-state index in [9.17, 15) is 46.6 Å². The number of rotatable bonds is 16. The Morgan fingerprint density at radius 1 is 0.633 bits per heavy atom. The lowest BCUT2D eigenvalue weighted by atomic mass is 10.2. The van der Waals surface area contributed by atoms with Gasteiger partial charge in [-0.1, -0.05) is 0 Å². The minimum absolute atomic E-state index is 0.00558. The molecule has 26 heteroatoms. The summed E-state index contributed by atoms with van der Waals surface area (Å²) >= 11 is 0. The third-order valence-corrected chi connectivity index (χ3v) is 11.1. The maximum absolute atomic E-state index is 12.5. The summed E-state index contributed by atoms with van der Waals surface area (Å²) in [5.41, 5.74) is 6.07. The fraction of sp³-hybridized carbons (Fsp3) is 0.217. The molecule has 0 spiro atoms. The number of sulfone groups is 2. The van der Waals surface area contributed by atoms with Crippen LogP contribution in [0.4, 0.5) is 34.1 Å². The largest absolute Gasteiger partial charge is 0.397 e. The first-order valence-corrected chi connectivity index (χ1v) is 20.3. The van der Waals surface area contributed by atoms with Gasteiger partial charge in [-0.2, -0.15) is 30.4 Å². The van der Waals surface area contributed by atoms with Crippen LogP contribution in [0.25, 0.3) is 0 Å². The van der Waals surface area contributed by atoms with Crippen molar-refractivity contribution in [3.05, 3.63) is 54.6 Å². The van der Waals surface area contributed by atoms with Gasteiger partial charge < -0.3 is 11.1 Å². The van der Waals surface area contributed by atoms with Gasteiger partial charge in [-0.15, -0.1) is 15.3 Å². The molecule has 0 heterocycles. The molecule has 6 N–H and O–H groups in total. The average Bonchev–Trinajstić information content (AvgIpc) is 2.97. The van der Waals surface area contributed by atoms with Crippen molar-refractivity contribution < 1.29 is 64.1 Å². The van der Waals surface area contributed by atoms with E-state index in [0.717, 1.165) is 12.1 Å². The van der Waals surface area contributed by atoms with Crippen LogP contribution < -0.4 is 11.1 Å². The van der Waals surface area contributed by atoms with Crippen LogP contribution in [0, 0.1) is 0 Å². The summed E-state index contributed by atoms with van der Waals surface area (Å²) in [6, 6.07) is 9.95. The van der Waals surface area contributed by atoms with E-state index in [2.05, 4.69) is 34.1 Å². The highest BCUT2D eigenvalue weighted by molar-refractivity contribution is 7.92. The first kappa shape index (κ1) is 39.4. The predicted octanol–water partition coefficient (Wildman–Crippen LogP) is 2.57. The van der Waals surface area contributed by atoms with Crippen LogP contribution in [0.3, 0.4) is 0 Å². The third-order valence-electron chi connectivity index (χ3n) is 5.89. The van der Waals surface area contributed by atoms with E-state index < -0.39 is 90.8 Å². The molecule has 3 aromatic rings. The number of nitrogen functional groups attached to an aromatic ring is 1. The molecule has 0 aromatic heterocycles. The van der Waals surface area contributed by atoms with Crippen LogP contribution in [0.1, 0.15) is 0 Å². The first-order valence-electron chi connectivity index (χ1n) is 12.9. The Labute approximate surface area is 280 Å². The maximum atomic E-state index is 12.5. The lowest BCUT2D eigenvalue weighted by molar-refractivity contribution is 0.282. The molecule has 0 aliphatic carbocycles. The van der Waals surface area contributed by atoms with Gasteiger partial charge in [0, 0.05) is 7.05 Å². The van der Waals surface area contributed by atoms with Gasteiger partial charge in [0.15, 0.2) is 19.7 Å². The molecule has 0 atom stereocenters. The second-order valence-electron chi connectivity index (χ2n) is 9.31. The van der Waals surface area contributed by atoms with Gasteiger partial charge in [-0.25, -0.2) is 25.2 Å². The minimum Gasteiger partial charge on any atom is -0.397 e. The number of hydrogen-bond acceptors (Lipinski definition) is 18. The highest BCUT2D eigenvalue weighted by Gasteiger charge is 2.23. The summed E-state index contributed by atoms with van der Waals surface area (Å²) in [5, 5.41) is 18.6. The van der Waals surface area contributed by atoms with Crippen molar-refractivity contribution in [2.24, 2.45) is 20.5 Å². The molecule has 49 heavy (non-hydrogen) atoms. The maximum Gasteiger partial charge on any atom is 0.397 e. The molecule has 0 bridgehead atoms. The highest BCUT2D eigenvalue weighted by atomic mass is 32.3. The van der Waals surface area contributed by atoms with Gasteiger partial charge in [-0.3, -0.25) is 13.7 Å². The zero-order valence-corrected chi connectivity index (χ0v) is 28.8. The van der Waals surface area contributed by atoms with Gasteiger partial charge in [0.1, 0.15) is 22.0 Å². The molecule has 0 unspecified atom stereocenters. The normalized spacial score (nSPS) is 13.3. The van der Waals surface area contributed by atoms with Crippen LogP contribution >= 0.6 is 0 Å². The summed E-state index contributed by atoms with van der Waals surface area (Å²) in [5.74, 6) is -1.73. The lowest BCUT2D eigenvalue weighted by Crippen LogP contribution is -2.16. The molecule has 0 aliphatic heterocycles. The summed E-state index contributed by atoms with van der Waals surface area (Å²) in [6.45, 7) is -1.80. The van der Waals surface area contributed by atoms with Crippen LogP contribution in [-0.2, 0) is 59.0 Å². The minimum atomic E-state index is -5.09. The molecular weight excluding hydrogens is 761 g/mol. The van der Waals surface area contributed by atoms with E-state index in [1.54, 1.807) is 0 Å². The number of hydrogen-bond donors (Lipinski definition) is 5.